The highest BCUT2D eigenvalue weighted by molar-refractivity contribution is 5.85. The van der Waals surface area contributed by atoms with Crippen LogP contribution in [0.5, 0.6) is 0 Å². The highest BCUT2D eigenvalue weighted by Crippen LogP contribution is 2.21. The number of rotatable bonds is 2. The number of nitrogens with zero attached hydrogens (tertiary/aromatic N) is 4. The number of nitrogens with one attached hydrogen (secondary N) is 1. The lowest BCUT2D eigenvalue weighted by Gasteiger charge is -2.31. The Balaban J connectivity index is 0.00000132. The van der Waals surface area contributed by atoms with Crippen LogP contribution in [-0.4, -0.2) is 71.7 Å². The maximum absolute atomic E-state index is 9.88. The number of aliphatic hydroxyl groups is 2. The van der Waals surface area contributed by atoms with Crippen LogP contribution < -0.4 is 15.1 Å². The summed E-state index contributed by atoms with van der Waals surface area (Å²) in [4.78, 5) is 13.0. The Morgan fingerprint density at radius 2 is 1.61 bits per heavy atom. The van der Waals surface area contributed by atoms with Gasteiger partial charge in [-0.3, -0.25) is 0 Å². The lowest BCUT2D eigenvalue weighted by atomic mass is 10.1. The third kappa shape index (κ3) is 5.32. The zero-order valence-corrected chi connectivity index (χ0v) is 14.6. The molecule has 0 bridgehead atoms. The topological polar surface area (TPSA) is 84.8 Å². The summed E-state index contributed by atoms with van der Waals surface area (Å²) in [6.45, 7) is 4.52. The summed E-state index contributed by atoms with van der Waals surface area (Å²) in [5.41, 5.74) is 0. The van der Waals surface area contributed by atoms with Gasteiger partial charge in [0, 0.05) is 45.3 Å². The number of hydrogen-bond acceptors (Lipinski definition) is 7. The molecule has 1 aromatic rings. The summed E-state index contributed by atoms with van der Waals surface area (Å²) in [6, 6.07) is 1.98. The van der Waals surface area contributed by atoms with Crippen molar-refractivity contribution in [1.82, 2.24) is 15.3 Å². The molecule has 2 aliphatic heterocycles. The molecule has 2 saturated heterocycles. The molecule has 0 aromatic carbocycles. The molecular weight excluding hydrogens is 341 g/mol. The number of halogens is 2. The lowest BCUT2D eigenvalue weighted by Crippen LogP contribution is -2.37. The van der Waals surface area contributed by atoms with Crippen molar-refractivity contribution in [2.24, 2.45) is 0 Å². The van der Waals surface area contributed by atoms with Crippen LogP contribution in [0.4, 0.5) is 11.6 Å². The number of piperidine rings is 1. The first-order chi connectivity index (χ1) is 10.2. The van der Waals surface area contributed by atoms with Gasteiger partial charge in [0.1, 0.15) is 18.0 Å². The number of aromatic nitrogens is 2. The maximum Gasteiger partial charge on any atom is 0.134 e. The van der Waals surface area contributed by atoms with Crippen molar-refractivity contribution in [3.8, 4) is 0 Å². The van der Waals surface area contributed by atoms with Gasteiger partial charge in [0.25, 0.3) is 0 Å². The van der Waals surface area contributed by atoms with Crippen LogP contribution in [0.2, 0.25) is 0 Å². The second kappa shape index (κ2) is 9.44. The average molecular weight is 366 g/mol. The zero-order chi connectivity index (χ0) is 14.7. The van der Waals surface area contributed by atoms with Crippen molar-refractivity contribution in [2.75, 3.05) is 49.1 Å². The molecule has 0 radical (unpaired) electrons. The Morgan fingerprint density at radius 1 is 0.957 bits per heavy atom. The highest BCUT2D eigenvalue weighted by atomic mass is 35.5. The molecule has 132 valence electrons. The molecule has 23 heavy (non-hydrogen) atoms. The van der Waals surface area contributed by atoms with Gasteiger partial charge >= 0.3 is 0 Å². The molecule has 7 nitrogen and oxygen atoms in total. The number of anilines is 2. The Labute approximate surface area is 148 Å². The number of aliphatic hydroxyl groups excluding tert-OH is 2. The molecule has 2 aliphatic rings. The summed E-state index contributed by atoms with van der Waals surface area (Å²) in [7, 11) is 0. The van der Waals surface area contributed by atoms with Gasteiger partial charge in [0.15, 0.2) is 0 Å². The molecule has 1 unspecified atom stereocenters. The van der Waals surface area contributed by atoms with E-state index in [1.165, 1.54) is 0 Å². The predicted octanol–water partition coefficient (Wildman–Crippen LogP) is 0.0518. The molecule has 1 aromatic heterocycles. The lowest BCUT2D eigenvalue weighted by molar-refractivity contribution is 0.145. The van der Waals surface area contributed by atoms with Gasteiger partial charge < -0.3 is 25.3 Å². The summed E-state index contributed by atoms with van der Waals surface area (Å²) >= 11 is 0. The minimum atomic E-state index is -0.379. The second-order valence-corrected chi connectivity index (χ2v) is 5.76. The molecular formula is C14H25Cl2N5O2. The van der Waals surface area contributed by atoms with E-state index >= 15 is 0 Å². The van der Waals surface area contributed by atoms with Crippen molar-refractivity contribution in [3.05, 3.63) is 12.4 Å². The fourth-order valence-corrected chi connectivity index (χ4v) is 2.88. The minimum Gasteiger partial charge on any atom is -0.393 e. The molecule has 0 aliphatic carbocycles. The third-order valence-electron chi connectivity index (χ3n) is 4.12. The van der Waals surface area contributed by atoms with E-state index in [0.717, 1.165) is 50.7 Å². The second-order valence-electron chi connectivity index (χ2n) is 5.76. The van der Waals surface area contributed by atoms with Gasteiger partial charge in [0.05, 0.1) is 12.2 Å². The van der Waals surface area contributed by atoms with E-state index < -0.39 is 0 Å². The Kier molecular flexibility index (Phi) is 8.28. The van der Waals surface area contributed by atoms with Gasteiger partial charge in [-0.2, -0.15) is 0 Å². The summed E-state index contributed by atoms with van der Waals surface area (Å²) < 4.78 is 0. The molecule has 3 N–H and O–H groups in total. The van der Waals surface area contributed by atoms with Gasteiger partial charge in [0.2, 0.25) is 0 Å². The smallest absolute Gasteiger partial charge is 0.134 e. The van der Waals surface area contributed by atoms with Crippen molar-refractivity contribution in [2.45, 2.75) is 25.0 Å². The van der Waals surface area contributed by atoms with E-state index in [0.29, 0.717) is 13.1 Å². The van der Waals surface area contributed by atoms with Gasteiger partial charge in [-0.25, -0.2) is 9.97 Å². The van der Waals surface area contributed by atoms with Crippen LogP contribution >= 0.6 is 24.8 Å². The van der Waals surface area contributed by atoms with Crippen LogP contribution in [0.1, 0.15) is 12.8 Å². The third-order valence-corrected chi connectivity index (χ3v) is 4.12. The Hall–Kier alpha value is -0.860. The van der Waals surface area contributed by atoms with Gasteiger partial charge in [-0.05, 0) is 12.8 Å². The normalized spacial score (nSPS) is 22.8. The minimum absolute atomic E-state index is 0. The van der Waals surface area contributed by atoms with E-state index in [2.05, 4.69) is 25.1 Å². The first-order valence-corrected chi connectivity index (χ1v) is 7.61. The predicted molar refractivity (Wildman–Crippen MR) is 95.1 cm³/mol. The fraction of sp³-hybridized carbons (Fsp3) is 0.714. The molecule has 3 rings (SSSR count). The van der Waals surface area contributed by atoms with Crippen molar-refractivity contribution in [1.29, 1.82) is 0 Å². The molecule has 0 amide bonds. The molecule has 0 saturated carbocycles. The largest absolute Gasteiger partial charge is 0.393 e. The van der Waals surface area contributed by atoms with Gasteiger partial charge in [-0.15, -0.1) is 24.8 Å². The summed E-state index contributed by atoms with van der Waals surface area (Å²) in [6.07, 6.45) is 2.59. The standard InChI is InChI=1S/C14H23N5O2.2ClH/c20-11-1-4-18(5-2-11)13-7-14(17-10-16-13)19-6-3-15-8-12(21)9-19;;/h7,10-12,15,20-21H,1-6,8-9H2;2*1H. The monoisotopic (exact) mass is 365 g/mol. The Bertz CT molecular complexity index is 474. The van der Waals surface area contributed by atoms with Crippen LogP contribution in [-0.2, 0) is 0 Å². The molecule has 3 heterocycles. The number of β-amino-alcohol motifs (C(OH)–C–C–N with tert-alkyl or cyclic N) is 1. The highest BCUT2D eigenvalue weighted by Gasteiger charge is 2.21. The SMILES string of the molecule is Cl.Cl.OC1CCN(c2cc(N3CCNCC(O)C3)ncn2)CC1. The van der Waals surface area contributed by atoms with Crippen LogP contribution in [0.25, 0.3) is 0 Å². The van der Waals surface area contributed by atoms with Crippen LogP contribution in [0, 0.1) is 0 Å². The fourth-order valence-electron chi connectivity index (χ4n) is 2.88. The molecule has 2 fully saturated rings. The van der Waals surface area contributed by atoms with E-state index in [9.17, 15) is 10.2 Å². The first-order valence-electron chi connectivity index (χ1n) is 7.61. The first kappa shape index (κ1) is 20.2. The van der Waals surface area contributed by atoms with Crippen molar-refractivity contribution >= 4 is 36.4 Å². The molecule has 9 heteroatoms. The van der Waals surface area contributed by atoms with Crippen molar-refractivity contribution < 1.29 is 10.2 Å². The van der Waals surface area contributed by atoms with E-state index in [-0.39, 0.29) is 37.0 Å². The summed E-state index contributed by atoms with van der Waals surface area (Å²) in [5.74, 6) is 1.76. The van der Waals surface area contributed by atoms with E-state index in [4.69, 9.17) is 0 Å². The van der Waals surface area contributed by atoms with Crippen LogP contribution in [0.15, 0.2) is 12.4 Å². The average Bonchev–Trinajstić information content (AvgIpc) is 2.73. The maximum atomic E-state index is 9.88. The zero-order valence-electron chi connectivity index (χ0n) is 13.0. The quantitative estimate of drug-likeness (QED) is 0.682. The van der Waals surface area contributed by atoms with E-state index in [1.54, 1.807) is 6.33 Å². The molecule has 0 spiro atoms. The Morgan fingerprint density at radius 3 is 2.30 bits per heavy atom. The molecule has 1 atom stereocenters. The number of hydrogen-bond donors (Lipinski definition) is 3. The van der Waals surface area contributed by atoms with Gasteiger partial charge in [-0.1, -0.05) is 0 Å². The van der Waals surface area contributed by atoms with Crippen molar-refractivity contribution in [3.63, 3.8) is 0 Å². The van der Waals surface area contributed by atoms with Crippen LogP contribution in [0.3, 0.4) is 0 Å². The summed E-state index contributed by atoms with van der Waals surface area (Å²) in [5, 5.41) is 22.7. The van der Waals surface area contributed by atoms with E-state index in [1.807, 2.05) is 6.07 Å².